The summed E-state index contributed by atoms with van der Waals surface area (Å²) in [5, 5.41) is 11.5. The molecule has 0 aliphatic carbocycles. The third kappa shape index (κ3) is 4.60. The summed E-state index contributed by atoms with van der Waals surface area (Å²) in [6, 6.07) is 11.0. The van der Waals surface area contributed by atoms with E-state index in [1.165, 1.54) is 0 Å². The molecule has 26 heavy (non-hydrogen) atoms. The van der Waals surface area contributed by atoms with Gasteiger partial charge in [-0.3, -0.25) is 9.59 Å². The van der Waals surface area contributed by atoms with Crippen LogP contribution in [0.15, 0.2) is 48.5 Å². The van der Waals surface area contributed by atoms with Crippen molar-refractivity contribution < 1.29 is 22.8 Å². The number of alkyl halides is 3. The van der Waals surface area contributed by atoms with Crippen molar-refractivity contribution in [1.29, 1.82) is 5.26 Å². The van der Waals surface area contributed by atoms with Gasteiger partial charge in [0, 0.05) is 12.0 Å². The second-order valence-corrected chi connectivity index (χ2v) is 5.48. The van der Waals surface area contributed by atoms with E-state index in [0.717, 1.165) is 24.3 Å². The number of nitriles is 1. The van der Waals surface area contributed by atoms with Gasteiger partial charge in [0.05, 0.1) is 17.2 Å². The minimum atomic E-state index is -4.51. The van der Waals surface area contributed by atoms with Gasteiger partial charge in [0.25, 0.3) is 5.91 Å². The smallest absolute Gasteiger partial charge is 0.368 e. The van der Waals surface area contributed by atoms with E-state index in [2.05, 4.69) is 5.32 Å². The number of halogens is 3. The van der Waals surface area contributed by atoms with Crippen molar-refractivity contribution in [2.45, 2.75) is 18.6 Å². The Hall–Kier alpha value is -3.34. The molecule has 2 aromatic carbocycles. The molecule has 2 aromatic rings. The number of nitrogens with one attached hydrogen (secondary N) is 1. The highest BCUT2D eigenvalue weighted by Gasteiger charge is 2.30. The number of nitrogens with two attached hydrogens (primary N) is 1. The van der Waals surface area contributed by atoms with E-state index < -0.39 is 29.6 Å². The first kappa shape index (κ1) is 19.0. The highest BCUT2D eigenvalue weighted by atomic mass is 19.4. The lowest BCUT2D eigenvalue weighted by atomic mass is 10.00. The molecule has 0 unspecified atom stereocenters. The zero-order valence-electron chi connectivity index (χ0n) is 13.4. The Morgan fingerprint density at radius 1 is 1.12 bits per heavy atom. The Bertz CT molecular complexity index is 855. The summed E-state index contributed by atoms with van der Waals surface area (Å²) >= 11 is 0. The summed E-state index contributed by atoms with van der Waals surface area (Å²) < 4.78 is 37.7. The van der Waals surface area contributed by atoms with Crippen LogP contribution in [0.1, 0.15) is 27.0 Å². The van der Waals surface area contributed by atoms with Crippen LogP contribution in [-0.2, 0) is 17.4 Å². The van der Waals surface area contributed by atoms with Gasteiger partial charge in [-0.25, -0.2) is 0 Å². The summed E-state index contributed by atoms with van der Waals surface area (Å²) in [7, 11) is 0. The van der Waals surface area contributed by atoms with Gasteiger partial charge in [-0.2, -0.15) is 18.4 Å². The Labute approximate surface area is 147 Å². The molecule has 0 bridgehead atoms. The van der Waals surface area contributed by atoms with Gasteiger partial charge in [0.2, 0.25) is 5.91 Å². The van der Waals surface area contributed by atoms with Crippen LogP contribution < -0.4 is 11.1 Å². The maximum absolute atomic E-state index is 12.6. The van der Waals surface area contributed by atoms with Gasteiger partial charge >= 0.3 is 6.18 Å². The average Bonchev–Trinajstić information content (AvgIpc) is 2.60. The van der Waals surface area contributed by atoms with E-state index in [1.54, 1.807) is 24.3 Å². The van der Waals surface area contributed by atoms with Gasteiger partial charge in [-0.05, 0) is 35.9 Å². The van der Waals surface area contributed by atoms with Crippen molar-refractivity contribution in [1.82, 2.24) is 5.32 Å². The zero-order chi connectivity index (χ0) is 19.3. The molecule has 0 heterocycles. The summed E-state index contributed by atoms with van der Waals surface area (Å²) in [5.41, 5.74) is 5.22. The SMILES string of the molecule is N#Cc1ccccc1C[C@@H](NC(=O)c1ccc(C(F)(F)F)cc1)C(N)=O. The highest BCUT2D eigenvalue weighted by Crippen LogP contribution is 2.29. The lowest BCUT2D eigenvalue weighted by molar-refractivity contribution is -0.137. The molecule has 2 amide bonds. The van der Waals surface area contributed by atoms with Gasteiger partial charge in [-0.15, -0.1) is 0 Å². The molecular weight excluding hydrogens is 347 g/mol. The Kier molecular flexibility index (Phi) is 5.62. The van der Waals surface area contributed by atoms with Crippen molar-refractivity contribution in [3.05, 3.63) is 70.8 Å². The van der Waals surface area contributed by atoms with Crippen LogP contribution in [0, 0.1) is 11.3 Å². The molecule has 0 saturated heterocycles. The normalized spacial score (nSPS) is 12.1. The average molecular weight is 361 g/mol. The summed E-state index contributed by atoms with van der Waals surface area (Å²) in [6.45, 7) is 0. The first-order valence-corrected chi connectivity index (χ1v) is 7.48. The first-order chi connectivity index (χ1) is 12.2. The van der Waals surface area contributed by atoms with Crippen molar-refractivity contribution in [2.75, 3.05) is 0 Å². The number of hydrogen-bond donors (Lipinski definition) is 2. The molecule has 134 valence electrons. The predicted molar refractivity (Wildman–Crippen MR) is 86.8 cm³/mol. The third-order valence-corrected chi connectivity index (χ3v) is 3.69. The van der Waals surface area contributed by atoms with Gasteiger partial charge in [0.15, 0.2) is 0 Å². The maximum Gasteiger partial charge on any atom is 0.416 e. The number of rotatable bonds is 5. The summed E-state index contributed by atoms with van der Waals surface area (Å²) in [6.07, 6.45) is -4.52. The van der Waals surface area contributed by atoms with E-state index in [0.29, 0.717) is 11.1 Å². The number of benzene rings is 2. The third-order valence-electron chi connectivity index (χ3n) is 3.69. The molecule has 3 N–H and O–H groups in total. The van der Waals surface area contributed by atoms with E-state index in [4.69, 9.17) is 11.0 Å². The van der Waals surface area contributed by atoms with Crippen LogP contribution in [0.2, 0.25) is 0 Å². The lowest BCUT2D eigenvalue weighted by Crippen LogP contribution is -2.46. The minimum Gasteiger partial charge on any atom is -0.368 e. The summed E-state index contributed by atoms with van der Waals surface area (Å²) in [4.78, 5) is 23.8. The molecule has 0 radical (unpaired) electrons. The fraction of sp³-hybridized carbons (Fsp3) is 0.167. The number of primary amides is 1. The molecule has 8 heteroatoms. The van der Waals surface area contributed by atoms with E-state index in [1.807, 2.05) is 6.07 Å². The fourth-order valence-electron chi connectivity index (χ4n) is 2.30. The van der Waals surface area contributed by atoms with Crippen molar-refractivity contribution in [3.8, 4) is 6.07 Å². The molecule has 0 saturated carbocycles. The Balaban J connectivity index is 2.16. The molecule has 0 spiro atoms. The molecule has 0 aliphatic heterocycles. The number of amides is 2. The molecule has 1 atom stereocenters. The van der Waals surface area contributed by atoms with Crippen LogP contribution in [-0.4, -0.2) is 17.9 Å². The molecular formula is C18H14F3N3O2. The quantitative estimate of drug-likeness (QED) is 0.856. The van der Waals surface area contributed by atoms with Crippen molar-refractivity contribution in [3.63, 3.8) is 0 Å². The van der Waals surface area contributed by atoms with Crippen LogP contribution in [0.5, 0.6) is 0 Å². The highest BCUT2D eigenvalue weighted by molar-refractivity contribution is 5.97. The van der Waals surface area contributed by atoms with Gasteiger partial charge in [-0.1, -0.05) is 18.2 Å². The fourth-order valence-corrected chi connectivity index (χ4v) is 2.30. The van der Waals surface area contributed by atoms with Crippen LogP contribution in [0.4, 0.5) is 13.2 Å². The van der Waals surface area contributed by atoms with Gasteiger partial charge < -0.3 is 11.1 Å². The molecule has 0 fully saturated rings. The monoisotopic (exact) mass is 361 g/mol. The maximum atomic E-state index is 12.6. The first-order valence-electron chi connectivity index (χ1n) is 7.48. The number of hydrogen-bond acceptors (Lipinski definition) is 3. The van der Waals surface area contributed by atoms with E-state index in [9.17, 15) is 22.8 Å². The Morgan fingerprint density at radius 2 is 1.73 bits per heavy atom. The largest absolute Gasteiger partial charge is 0.416 e. The number of nitrogens with zero attached hydrogens (tertiary/aromatic N) is 1. The van der Waals surface area contributed by atoms with Gasteiger partial charge in [0.1, 0.15) is 6.04 Å². The molecule has 5 nitrogen and oxygen atoms in total. The Morgan fingerprint density at radius 3 is 2.27 bits per heavy atom. The topological polar surface area (TPSA) is 96.0 Å². The molecule has 0 aliphatic rings. The molecule has 0 aromatic heterocycles. The minimum absolute atomic E-state index is 0.00849. The van der Waals surface area contributed by atoms with E-state index >= 15 is 0 Å². The molecule has 2 rings (SSSR count). The van der Waals surface area contributed by atoms with E-state index in [-0.39, 0.29) is 12.0 Å². The zero-order valence-corrected chi connectivity index (χ0v) is 13.4. The second kappa shape index (κ2) is 7.70. The predicted octanol–water partition coefficient (Wildman–Crippen LogP) is 2.40. The van der Waals surface area contributed by atoms with Crippen molar-refractivity contribution in [2.24, 2.45) is 5.73 Å². The number of carbonyl (C=O) groups excluding carboxylic acids is 2. The summed E-state index contributed by atoms with van der Waals surface area (Å²) in [5.74, 6) is -1.56. The van der Waals surface area contributed by atoms with Crippen LogP contribution in [0.3, 0.4) is 0 Å². The lowest BCUT2D eigenvalue weighted by Gasteiger charge is -2.16. The standard InChI is InChI=1S/C18H14F3N3O2/c19-18(20,21)14-7-5-11(6-8-14)17(26)24-15(16(23)25)9-12-3-1-2-4-13(12)10-22/h1-8,15H,9H2,(H2,23,25)(H,24,26)/t15-/m1/s1. The second-order valence-electron chi connectivity index (χ2n) is 5.48. The van der Waals surface area contributed by atoms with Crippen molar-refractivity contribution >= 4 is 11.8 Å². The van der Waals surface area contributed by atoms with Crippen LogP contribution >= 0.6 is 0 Å². The van der Waals surface area contributed by atoms with Crippen LogP contribution in [0.25, 0.3) is 0 Å². The number of carbonyl (C=O) groups is 2.